The molecule has 1 aliphatic rings. The Morgan fingerprint density at radius 2 is 2.07 bits per heavy atom. The molecule has 1 unspecified atom stereocenters. The molecule has 1 atom stereocenters. The summed E-state index contributed by atoms with van der Waals surface area (Å²) in [4.78, 5) is 18.7. The van der Waals surface area contributed by atoms with E-state index in [0.717, 1.165) is 6.07 Å². The molecule has 0 bridgehead atoms. The van der Waals surface area contributed by atoms with Gasteiger partial charge in [-0.25, -0.2) is 4.98 Å². The van der Waals surface area contributed by atoms with E-state index in [9.17, 15) is 18.0 Å². The third-order valence-electron chi connectivity index (χ3n) is 3.85. The van der Waals surface area contributed by atoms with Gasteiger partial charge in [-0.1, -0.05) is 0 Å². The van der Waals surface area contributed by atoms with Crippen LogP contribution in [0.5, 0.6) is 17.4 Å². The number of pyridine rings is 2. The van der Waals surface area contributed by atoms with E-state index in [1.807, 2.05) is 0 Å². The van der Waals surface area contributed by atoms with Crippen molar-refractivity contribution < 1.29 is 36.9 Å². The maximum atomic E-state index is 12.3. The lowest BCUT2D eigenvalue weighted by Gasteiger charge is -2.23. The van der Waals surface area contributed by atoms with Crippen molar-refractivity contribution in [2.24, 2.45) is 0 Å². The predicted molar refractivity (Wildman–Crippen MR) is 94.4 cm³/mol. The summed E-state index contributed by atoms with van der Waals surface area (Å²) in [5, 5.41) is 0. The number of hydrogen-bond acceptors (Lipinski definition) is 7. The first-order valence-corrected chi connectivity index (χ1v) is 8.65. The van der Waals surface area contributed by atoms with Crippen molar-refractivity contribution in [2.45, 2.75) is 12.3 Å². The molecule has 0 aliphatic carbocycles. The van der Waals surface area contributed by atoms with Crippen LogP contribution in [0.25, 0.3) is 11.4 Å². The second kappa shape index (κ2) is 9.14. The van der Waals surface area contributed by atoms with Gasteiger partial charge in [0.1, 0.15) is 18.5 Å². The van der Waals surface area contributed by atoms with Crippen LogP contribution in [0.4, 0.5) is 13.2 Å². The number of alkyl halides is 3. The molecule has 0 amide bonds. The van der Waals surface area contributed by atoms with Gasteiger partial charge in [0, 0.05) is 12.1 Å². The van der Waals surface area contributed by atoms with Crippen molar-refractivity contribution in [3.63, 3.8) is 0 Å². The number of methoxy groups -OCH3 is 1. The fraction of sp³-hybridized carbons (Fsp3) is 0.444. The molecule has 0 spiro atoms. The SMILES string of the molecule is COc1cc(OCC2COCCO2)cc(-c2ccc(OCC(F)(F)F)c(=O)[nH]2)n1. The molecular weight excluding hydrogens is 397 g/mol. The lowest BCUT2D eigenvalue weighted by atomic mass is 10.2. The Balaban J connectivity index is 1.76. The zero-order chi connectivity index (χ0) is 20.9. The van der Waals surface area contributed by atoms with Crippen molar-refractivity contribution in [3.8, 4) is 28.8 Å². The van der Waals surface area contributed by atoms with Gasteiger partial charge < -0.3 is 28.7 Å². The number of rotatable bonds is 7. The first-order valence-electron chi connectivity index (χ1n) is 8.65. The van der Waals surface area contributed by atoms with Gasteiger partial charge >= 0.3 is 6.18 Å². The number of H-pyrrole nitrogens is 1. The van der Waals surface area contributed by atoms with Crippen LogP contribution in [0.2, 0.25) is 0 Å². The first-order chi connectivity index (χ1) is 13.8. The van der Waals surface area contributed by atoms with Gasteiger partial charge in [-0.15, -0.1) is 0 Å². The standard InChI is InChI=1S/C18H19F3N2O6/c1-25-16-7-11(28-9-12-8-26-4-5-27-12)6-14(22-16)13-2-3-15(17(24)23-13)29-10-18(19,20)21/h2-3,6-7,12H,4-5,8-10H2,1H3,(H,23,24). The monoisotopic (exact) mass is 416 g/mol. The molecule has 0 radical (unpaired) electrons. The molecular formula is C18H19F3N2O6. The van der Waals surface area contributed by atoms with Gasteiger partial charge in [0.25, 0.3) is 5.56 Å². The molecule has 158 valence electrons. The fourth-order valence-corrected chi connectivity index (χ4v) is 2.51. The normalized spacial score (nSPS) is 17.0. The van der Waals surface area contributed by atoms with Crippen molar-refractivity contribution in [2.75, 3.05) is 40.1 Å². The molecule has 8 nitrogen and oxygen atoms in total. The highest BCUT2D eigenvalue weighted by molar-refractivity contribution is 5.58. The Hall–Kier alpha value is -2.79. The number of nitrogens with one attached hydrogen (secondary N) is 1. The minimum absolute atomic E-state index is 0.212. The summed E-state index contributed by atoms with van der Waals surface area (Å²) >= 11 is 0. The van der Waals surface area contributed by atoms with Gasteiger partial charge in [-0.3, -0.25) is 4.79 Å². The summed E-state index contributed by atoms with van der Waals surface area (Å²) in [5.41, 5.74) is -0.249. The molecule has 1 aliphatic heterocycles. The summed E-state index contributed by atoms with van der Waals surface area (Å²) in [6, 6.07) is 5.66. The maximum Gasteiger partial charge on any atom is 0.422 e. The van der Waals surface area contributed by atoms with Gasteiger partial charge in [0.2, 0.25) is 5.88 Å². The highest BCUT2D eigenvalue weighted by atomic mass is 19.4. The summed E-state index contributed by atoms with van der Waals surface area (Å²) in [5.74, 6) is 0.204. The third-order valence-corrected chi connectivity index (χ3v) is 3.85. The van der Waals surface area contributed by atoms with Crippen LogP contribution in [0.1, 0.15) is 0 Å². The van der Waals surface area contributed by atoms with Crippen LogP contribution in [-0.2, 0) is 9.47 Å². The zero-order valence-corrected chi connectivity index (χ0v) is 15.5. The van der Waals surface area contributed by atoms with Gasteiger partial charge in [-0.2, -0.15) is 13.2 Å². The van der Waals surface area contributed by atoms with E-state index in [4.69, 9.17) is 18.9 Å². The maximum absolute atomic E-state index is 12.3. The second-order valence-corrected chi connectivity index (χ2v) is 6.08. The van der Waals surface area contributed by atoms with E-state index in [0.29, 0.717) is 31.3 Å². The van der Waals surface area contributed by atoms with Crippen LogP contribution in [0.3, 0.4) is 0 Å². The molecule has 1 N–H and O–H groups in total. The first kappa shape index (κ1) is 20.9. The average molecular weight is 416 g/mol. The van der Waals surface area contributed by atoms with E-state index in [-0.39, 0.29) is 24.3 Å². The van der Waals surface area contributed by atoms with Crippen molar-refractivity contribution in [1.29, 1.82) is 0 Å². The second-order valence-electron chi connectivity index (χ2n) is 6.08. The van der Waals surface area contributed by atoms with E-state index in [2.05, 4.69) is 14.7 Å². The van der Waals surface area contributed by atoms with E-state index < -0.39 is 24.1 Å². The summed E-state index contributed by atoms with van der Waals surface area (Å²) in [7, 11) is 1.42. The van der Waals surface area contributed by atoms with Gasteiger partial charge in [-0.05, 0) is 12.1 Å². The Labute approximate surface area is 163 Å². The van der Waals surface area contributed by atoms with Crippen molar-refractivity contribution in [3.05, 3.63) is 34.6 Å². The molecule has 1 fully saturated rings. The van der Waals surface area contributed by atoms with E-state index in [1.165, 1.54) is 13.2 Å². The van der Waals surface area contributed by atoms with E-state index >= 15 is 0 Å². The third kappa shape index (κ3) is 6.09. The lowest BCUT2D eigenvalue weighted by Crippen LogP contribution is -2.33. The minimum atomic E-state index is -4.54. The van der Waals surface area contributed by atoms with Crippen LogP contribution < -0.4 is 19.8 Å². The van der Waals surface area contributed by atoms with Crippen LogP contribution in [0, 0.1) is 0 Å². The number of aromatic amines is 1. The fourth-order valence-electron chi connectivity index (χ4n) is 2.51. The van der Waals surface area contributed by atoms with Crippen molar-refractivity contribution >= 4 is 0 Å². The Kier molecular flexibility index (Phi) is 6.60. The Bertz CT molecular complexity index is 881. The van der Waals surface area contributed by atoms with Crippen LogP contribution in [-0.4, -0.2) is 62.4 Å². The Morgan fingerprint density at radius 3 is 2.72 bits per heavy atom. The van der Waals surface area contributed by atoms with Crippen LogP contribution >= 0.6 is 0 Å². The topological polar surface area (TPSA) is 91.9 Å². The number of nitrogens with zero attached hydrogens (tertiary/aromatic N) is 1. The Morgan fingerprint density at radius 1 is 1.24 bits per heavy atom. The average Bonchev–Trinajstić information content (AvgIpc) is 2.71. The molecule has 3 heterocycles. The van der Waals surface area contributed by atoms with E-state index in [1.54, 1.807) is 12.1 Å². The molecule has 2 aromatic heterocycles. The summed E-state index contributed by atoms with van der Waals surface area (Å²) in [6.07, 6.45) is -4.75. The molecule has 0 saturated carbocycles. The summed E-state index contributed by atoms with van der Waals surface area (Å²) in [6.45, 7) is 0.135. The van der Waals surface area contributed by atoms with Crippen LogP contribution in [0.15, 0.2) is 29.1 Å². The lowest BCUT2D eigenvalue weighted by molar-refractivity contribution is -0.153. The highest BCUT2D eigenvalue weighted by Gasteiger charge is 2.29. The minimum Gasteiger partial charge on any atom is -0.491 e. The number of ether oxygens (including phenoxy) is 5. The van der Waals surface area contributed by atoms with Crippen molar-refractivity contribution in [1.82, 2.24) is 9.97 Å². The molecule has 3 rings (SSSR count). The zero-order valence-electron chi connectivity index (χ0n) is 15.5. The molecule has 0 aromatic carbocycles. The number of halogens is 3. The number of aromatic nitrogens is 2. The smallest absolute Gasteiger partial charge is 0.422 e. The molecule has 2 aromatic rings. The number of hydrogen-bond donors (Lipinski definition) is 1. The largest absolute Gasteiger partial charge is 0.491 e. The van der Waals surface area contributed by atoms with Gasteiger partial charge in [0.05, 0.1) is 38.3 Å². The highest BCUT2D eigenvalue weighted by Crippen LogP contribution is 2.26. The summed E-state index contributed by atoms with van der Waals surface area (Å²) < 4.78 is 63.0. The molecule has 29 heavy (non-hydrogen) atoms. The molecule has 1 saturated heterocycles. The quantitative estimate of drug-likeness (QED) is 0.740. The predicted octanol–water partition coefficient (Wildman–Crippen LogP) is 2.18. The van der Waals surface area contributed by atoms with Gasteiger partial charge in [0.15, 0.2) is 12.4 Å². The molecule has 11 heteroatoms.